The maximum absolute atomic E-state index is 11.6. The molecule has 2 aromatic heterocycles. The van der Waals surface area contributed by atoms with E-state index in [0.29, 0.717) is 18.0 Å². The molecule has 3 aromatic rings. The highest BCUT2D eigenvalue weighted by atomic mass is 16.6. The van der Waals surface area contributed by atoms with E-state index in [9.17, 15) is 10.1 Å². The summed E-state index contributed by atoms with van der Waals surface area (Å²) >= 11 is 0. The third kappa shape index (κ3) is 4.01. The Labute approximate surface area is 149 Å². The number of anilines is 4. The first kappa shape index (κ1) is 17.1. The van der Waals surface area contributed by atoms with Crippen molar-refractivity contribution in [1.82, 2.24) is 15.0 Å². The van der Waals surface area contributed by atoms with E-state index in [1.165, 1.54) is 6.33 Å². The van der Waals surface area contributed by atoms with Gasteiger partial charge in [0.05, 0.1) is 11.5 Å². The van der Waals surface area contributed by atoms with Gasteiger partial charge in [-0.1, -0.05) is 0 Å². The molecule has 0 spiro atoms. The predicted octanol–water partition coefficient (Wildman–Crippen LogP) is 3.67. The van der Waals surface area contributed by atoms with E-state index in [-0.39, 0.29) is 17.3 Å². The van der Waals surface area contributed by atoms with Gasteiger partial charge < -0.3 is 15.4 Å². The first-order valence-electron chi connectivity index (χ1n) is 7.83. The van der Waals surface area contributed by atoms with Crippen LogP contribution in [0, 0.1) is 10.1 Å². The monoisotopic (exact) mass is 352 g/mol. The van der Waals surface area contributed by atoms with Gasteiger partial charge in [0.15, 0.2) is 0 Å². The van der Waals surface area contributed by atoms with Gasteiger partial charge in [-0.05, 0) is 43.3 Å². The molecule has 0 aliphatic heterocycles. The Morgan fingerprint density at radius 1 is 1.00 bits per heavy atom. The summed E-state index contributed by atoms with van der Waals surface area (Å²) in [6.45, 7) is 2.46. The minimum atomic E-state index is -0.527. The summed E-state index contributed by atoms with van der Waals surface area (Å²) in [5.41, 5.74) is 1.03. The highest BCUT2D eigenvalue weighted by molar-refractivity contribution is 5.76. The van der Waals surface area contributed by atoms with Crippen molar-refractivity contribution in [1.29, 1.82) is 0 Å². The summed E-state index contributed by atoms with van der Waals surface area (Å²) in [5, 5.41) is 17.4. The Kier molecular flexibility index (Phi) is 5.18. The highest BCUT2D eigenvalue weighted by Gasteiger charge is 2.23. The number of benzene rings is 1. The second kappa shape index (κ2) is 7.88. The fourth-order valence-corrected chi connectivity index (χ4v) is 2.24. The van der Waals surface area contributed by atoms with Gasteiger partial charge in [0.1, 0.15) is 12.1 Å². The van der Waals surface area contributed by atoms with Crippen molar-refractivity contribution in [2.75, 3.05) is 17.2 Å². The molecule has 0 saturated carbocycles. The van der Waals surface area contributed by atoms with Crippen molar-refractivity contribution in [3.05, 3.63) is 65.2 Å². The van der Waals surface area contributed by atoms with Gasteiger partial charge >= 0.3 is 5.69 Å². The number of hydrogen-bond acceptors (Lipinski definition) is 8. The smallest absolute Gasteiger partial charge is 0.353 e. The second-order valence-corrected chi connectivity index (χ2v) is 5.12. The fourth-order valence-electron chi connectivity index (χ4n) is 2.24. The molecule has 9 heteroatoms. The lowest BCUT2D eigenvalue weighted by Gasteiger charge is -2.10. The zero-order valence-corrected chi connectivity index (χ0v) is 13.9. The highest BCUT2D eigenvalue weighted by Crippen LogP contribution is 2.33. The summed E-state index contributed by atoms with van der Waals surface area (Å²) in [5.74, 6) is 0.894. The first-order valence-corrected chi connectivity index (χ1v) is 7.83. The Morgan fingerprint density at radius 2 is 1.58 bits per heavy atom. The largest absolute Gasteiger partial charge is 0.494 e. The zero-order valence-electron chi connectivity index (χ0n) is 13.9. The lowest BCUT2D eigenvalue weighted by Crippen LogP contribution is -2.05. The minimum Gasteiger partial charge on any atom is -0.494 e. The molecule has 9 nitrogen and oxygen atoms in total. The van der Waals surface area contributed by atoms with Crippen LogP contribution in [-0.4, -0.2) is 26.5 Å². The van der Waals surface area contributed by atoms with Crippen LogP contribution in [0.4, 0.5) is 28.7 Å². The molecule has 0 amide bonds. The summed E-state index contributed by atoms with van der Waals surface area (Å²) in [6, 6.07) is 10.4. The molecule has 0 fully saturated rings. The first-order chi connectivity index (χ1) is 12.7. The van der Waals surface area contributed by atoms with Crippen molar-refractivity contribution in [3.63, 3.8) is 0 Å². The number of ether oxygens (including phenoxy) is 1. The summed E-state index contributed by atoms with van der Waals surface area (Å²) in [4.78, 5) is 23.0. The zero-order chi connectivity index (χ0) is 18.4. The van der Waals surface area contributed by atoms with E-state index in [1.807, 2.05) is 6.92 Å². The van der Waals surface area contributed by atoms with Crippen LogP contribution in [0.1, 0.15) is 6.92 Å². The van der Waals surface area contributed by atoms with Gasteiger partial charge in [0, 0.05) is 23.8 Å². The third-order valence-electron chi connectivity index (χ3n) is 3.38. The SMILES string of the molecule is CCOc1ccc(Nc2ncnc(Nc3ccncc3)c2[N+](=O)[O-])cc1. The summed E-state index contributed by atoms with van der Waals surface area (Å²) in [6.07, 6.45) is 4.41. The number of hydrogen-bond donors (Lipinski definition) is 2. The Morgan fingerprint density at radius 3 is 2.12 bits per heavy atom. The van der Waals surface area contributed by atoms with Gasteiger partial charge in [0.2, 0.25) is 11.6 Å². The topological polar surface area (TPSA) is 115 Å². The van der Waals surface area contributed by atoms with Crippen molar-refractivity contribution >= 4 is 28.7 Å². The number of nitro groups is 1. The molecule has 1 aromatic carbocycles. The van der Waals surface area contributed by atoms with Crippen LogP contribution in [0.5, 0.6) is 5.75 Å². The van der Waals surface area contributed by atoms with Crippen LogP contribution in [0.15, 0.2) is 55.1 Å². The van der Waals surface area contributed by atoms with Crippen molar-refractivity contribution in [2.24, 2.45) is 0 Å². The Bertz CT molecular complexity index is 887. The van der Waals surface area contributed by atoms with Crippen LogP contribution in [-0.2, 0) is 0 Å². The molecule has 0 saturated heterocycles. The Hall–Kier alpha value is -3.75. The maximum atomic E-state index is 11.6. The quantitative estimate of drug-likeness (QED) is 0.489. The summed E-state index contributed by atoms with van der Waals surface area (Å²) < 4.78 is 5.38. The number of nitrogens with zero attached hydrogens (tertiary/aromatic N) is 4. The molecule has 132 valence electrons. The van der Waals surface area contributed by atoms with E-state index in [1.54, 1.807) is 48.8 Å². The third-order valence-corrected chi connectivity index (χ3v) is 3.38. The minimum absolute atomic E-state index is 0.0876. The van der Waals surface area contributed by atoms with Crippen LogP contribution in [0.3, 0.4) is 0 Å². The molecule has 2 N–H and O–H groups in total. The van der Waals surface area contributed by atoms with E-state index in [2.05, 4.69) is 25.6 Å². The van der Waals surface area contributed by atoms with E-state index < -0.39 is 4.92 Å². The molecule has 2 heterocycles. The van der Waals surface area contributed by atoms with E-state index >= 15 is 0 Å². The average Bonchev–Trinajstić information content (AvgIpc) is 2.64. The van der Waals surface area contributed by atoms with Crippen LogP contribution >= 0.6 is 0 Å². The molecule has 0 aliphatic rings. The molecule has 0 aliphatic carbocycles. The van der Waals surface area contributed by atoms with Gasteiger partial charge in [-0.3, -0.25) is 15.1 Å². The van der Waals surface area contributed by atoms with Crippen LogP contribution in [0.2, 0.25) is 0 Å². The average molecular weight is 352 g/mol. The van der Waals surface area contributed by atoms with Gasteiger partial charge in [-0.2, -0.15) is 0 Å². The molecule has 26 heavy (non-hydrogen) atoms. The van der Waals surface area contributed by atoms with Crippen LogP contribution in [0.25, 0.3) is 0 Å². The molecular weight excluding hydrogens is 336 g/mol. The van der Waals surface area contributed by atoms with Crippen molar-refractivity contribution < 1.29 is 9.66 Å². The van der Waals surface area contributed by atoms with Crippen LogP contribution < -0.4 is 15.4 Å². The van der Waals surface area contributed by atoms with Gasteiger partial charge in [-0.25, -0.2) is 9.97 Å². The summed E-state index contributed by atoms with van der Waals surface area (Å²) in [7, 11) is 0. The molecular formula is C17H16N6O3. The normalized spacial score (nSPS) is 10.2. The number of pyridine rings is 1. The van der Waals surface area contributed by atoms with E-state index in [4.69, 9.17) is 4.74 Å². The molecule has 3 rings (SSSR count). The molecule has 0 atom stereocenters. The van der Waals surface area contributed by atoms with Crippen molar-refractivity contribution in [3.8, 4) is 5.75 Å². The molecule has 0 bridgehead atoms. The number of rotatable bonds is 7. The molecule has 0 unspecified atom stereocenters. The van der Waals surface area contributed by atoms with E-state index in [0.717, 1.165) is 5.75 Å². The lowest BCUT2D eigenvalue weighted by molar-refractivity contribution is -0.383. The molecule has 0 radical (unpaired) electrons. The lowest BCUT2D eigenvalue weighted by atomic mass is 10.3. The van der Waals surface area contributed by atoms with Gasteiger partial charge in [0.25, 0.3) is 0 Å². The van der Waals surface area contributed by atoms with Gasteiger partial charge in [-0.15, -0.1) is 0 Å². The second-order valence-electron chi connectivity index (χ2n) is 5.12. The standard InChI is InChI=1S/C17H16N6O3/c1-2-26-14-5-3-12(4-6-14)21-16-15(23(24)25)17(20-11-19-16)22-13-7-9-18-10-8-13/h3-11H,2H2,1H3,(H2,18,19,20,21,22). The number of nitrogens with one attached hydrogen (secondary N) is 2. The maximum Gasteiger partial charge on any atom is 0.353 e. The number of aromatic nitrogens is 3. The predicted molar refractivity (Wildman–Crippen MR) is 97.1 cm³/mol. The fraction of sp³-hybridized carbons (Fsp3) is 0.118. The van der Waals surface area contributed by atoms with Crippen molar-refractivity contribution in [2.45, 2.75) is 6.92 Å². The Balaban J connectivity index is 1.89.